The van der Waals surface area contributed by atoms with Gasteiger partial charge >= 0.3 is 0 Å². The summed E-state index contributed by atoms with van der Waals surface area (Å²) < 4.78 is 2.09. The summed E-state index contributed by atoms with van der Waals surface area (Å²) in [5.74, 6) is 0.820. The summed E-state index contributed by atoms with van der Waals surface area (Å²) in [6.07, 6.45) is 2.77. The predicted octanol–water partition coefficient (Wildman–Crippen LogP) is 3.74. The fraction of sp³-hybridized carbons (Fsp3) is 0.200. The Bertz CT molecular complexity index is 764. The van der Waals surface area contributed by atoms with Crippen molar-refractivity contribution in [2.75, 3.05) is 5.73 Å². The number of nitrogen functional groups attached to an aromatic ring is 1. The molecule has 20 heavy (non-hydrogen) atoms. The molecular weight excluding hydrogens is 272 g/mol. The number of fused-ring (bicyclic) bond motifs is 1. The summed E-state index contributed by atoms with van der Waals surface area (Å²) in [6.45, 7) is 2.97. The van der Waals surface area contributed by atoms with Crippen LogP contribution in [-0.2, 0) is 6.54 Å². The molecule has 3 rings (SSSR count). The van der Waals surface area contributed by atoms with E-state index in [4.69, 9.17) is 17.3 Å². The van der Waals surface area contributed by atoms with E-state index in [1.807, 2.05) is 24.3 Å². The lowest BCUT2D eigenvalue weighted by molar-refractivity contribution is 0.698. The van der Waals surface area contributed by atoms with Gasteiger partial charge in [0.1, 0.15) is 11.3 Å². The smallest absolute Gasteiger partial charge is 0.160 e. The van der Waals surface area contributed by atoms with E-state index < -0.39 is 0 Å². The van der Waals surface area contributed by atoms with Gasteiger partial charge in [-0.1, -0.05) is 24.6 Å². The summed E-state index contributed by atoms with van der Waals surface area (Å²) in [5.41, 5.74) is 9.25. The fourth-order valence-electron chi connectivity index (χ4n) is 2.33. The molecule has 1 aromatic carbocycles. The van der Waals surface area contributed by atoms with E-state index in [1.165, 1.54) is 0 Å². The van der Waals surface area contributed by atoms with E-state index in [2.05, 4.69) is 21.5 Å². The molecule has 4 nitrogen and oxygen atoms in total. The molecule has 0 atom stereocenters. The topological polar surface area (TPSA) is 56.7 Å². The minimum absolute atomic E-state index is 0.547. The second-order valence-electron chi connectivity index (χ2n) is 4.63. The minimum Gasteiger partial charge on any atom is -0.397 e. The van der Waals surface area contributed by atoms with E-state index in [0.29, 0.717) is 10.7 Å². The number of anilines is 1. The Kier molecular flexibility index (Phi) is 3.32. The molecule has 0 saturated heterocycles. The maximum absolute atomic E-state index is 6.11. The number of nitrogens with two attached hydrogens (primary N) is 1. The van der Waals surface area contributed by atoms with E-state index in [-0.39, 0.29) is 0 Å². The third kappa shape index (κ3) is 2.02. The number of halogens is 1. The van der Waals surface area contributed by atoms with Gasteiger partial charge in [0.2, 0.25) is 0 Å². The van der Waals surface area contributed by atoms with E-state index in [1.54, 1.807) is 12.3 Å². The zero-order valence-electron chi connectivity index (χ0n) is 11.2. The average molecular weight is 287 g/mol. The van der Waals surface area contributed by atoms with Crippen LogP contribution in [0.5, 0.6) is 0 Å². The summed E-state index contributed by atoms with van der Waals surface area (Å²) in [5, 5.41) is 0.547. The number of hydrogen-bond donors (Lipinski definition) is 1. The summed E-state index contributed by atoms with van der Waals surface area (Å²) >= 11 is 6.11. The van der Waals surface area contributed by atoms with Gasteiger partial charge in [-0.05, 0) is 30.7 Å². The first-order chi connectivity index (χ1) is 9.72. The number of pyridine rings is 1. The largest absolute Gasteiger partial charge is 0.397 e. The van der Waals surface area contributed by atoms with Crippen LogP contribution in [0.25, 0.3) is 22.6 Å². The highest BCUT2D eigenvalue weighted by Gasteiger charge is 2.15. The van der Waals surface area contributed by atoms with Crippen LogP contribution in [0.2, 0.25) is 5.02 Å². The zero-order chi connectivity index (χ0) is 14.1. The van der Waals surface area contributed by atoms with Crippen molar-refractivity contribution in [2.45, 2.75) is 19.9 Å². The monoisotopic (exact) mass is 286 g/mol. The van der Waals surface area contributed by atoms with Gasteiger partial charge in [0.05, 0.1) is 10.7 Å². The first-order valence-corrected chi connectivity index (χ1v) is 6.95. The van der Waals surface area contributed by atoms with Gasteiger partial charge in [-0.25, -0.2) is 9.97 Å². The Morgan fingerprint density at radius 3 is 2.90 bits per heavy atom. The number of aromatic nitrogens is 3. The highest BCUT2D eigenvalue weighted by atomic mass is 35.5. The third-order valence-corrected chi connectivity index (χ3v) is 3.57. The van der Waals surface area contributed by atoms with E-state index in [0.717, 1.165) is 35.5 Å². The van der Waals surface area contributed by atoms with Gasteiger partial charge in [0.25, 0.3) is 0 Å². The average Bonchev–Trinajstić information content (AvgIpc) is 2.81. The molecule has 102 valence electrons. The molecule has 0 aliphatic rings. The molecular formula is C15H15ClN4. The maximum Gasteiger partial charge on any atom is 0.160 e. The number of aryl methyl sites for hydroxylation is 1. The van der Waals surface area contributed by atoms with Gasteiger partial charge in [-0.15, -0.1) is 0 Å². The minimum atomic E-state index is 0.547. The molecule has 2 aromatic heterocycles. The number of imidazole rings is 1. The van der Waals surface area contributed by atoms with Crippen LogP contribution in [0.4, 0.5) is 5.69 Å². The van der Waals surface area contributed by atoms with Crippen molar-refractivity contribution in [1.29, 1.82) is 0 Å². The Morgan fingerprint density at radius 2 is 2.10 bits per heavy atom. The fourth-order valence-corrected chi connectivity index (χ4v) is 2.51. The zero-order valence-corrected chi connectivity index (χ0v) is 11.9. The molecule has 0 spiro atoms. The highest BCUT2D eigenvalue weighted by Crippen LogP contribution is 2.32. The van der Waals surface area contributed by atoms with Crippen LogP contribution in [-0.4, -0.2) is 14.5 Å². The molecule has 2 heterocycles. The van der Waals surface area contributed by atoms with Gasteiger partial charge in [-0.3, -0.25) is 0 Å². The maximum atomic E-state index is 6.11. The predicted molar refractivity (Wildman–Crippen MR) is 82.7 cm³/mol. The van der Waals surface area contributed by atoms with Gasteiger partial charge < -0.3 is 10.3 Å². The van der Waals surface area contributed by atoms with Crippen LogP contribution < -0.4 is 5.73 Å². The number of hydrogen-bond acceptors (Lipinski definition) is 3. The normalized spacial score (nSPS) is 11.1. The summed E-state index contributed by atoms with van der Waals surface area (Å²) in [7, 11) is 0. The van der Waals surface area contributed by atoms with Crippen molar-refractivity contribution >= 4 is 28.5 Å². The Balaban J connectivity index is 2.29. The molecule has 0 amide bonds. The van der Waals surface area contributed by atoms with Gasteiger partial charge in [0, 0.05) is 18.3 Å². The lowest BCUT2D eigenvalue weighted by Gasteiger charge is -2.10. The number of nitrogens with zero attached hydrogens (tertiary/aromatic N) is 3. The Morgan fingerprint density at radius 1 is 1.25 bits per heavy atom. The number of para-hydroxylation sites is 1. The molecule has 3 aromatic rings. The molecule has 2 N–H and O–H groups in total. The Labute approximate surface area is 122 Å². The molecule has 0 bridgehead atoms. The van der Waals surface area contributed by atoms with Crippen LogP contribution in [0, 0.1) is 0 Å². The molecule has 0 aliphatic carbocycles. The first kappa shape index (κ1) is 12.9. The Hall–Kier alpha value is -2.07. The van der Waals surface area contributed by atoms with Crippen molar-refractivity contribution in [3.63, 3.8) is 0 Å². The van der Waals surface area contributed by atoms with Crippen molar-refractivity contribution in [2.24, 2.45) is 0 Å². The SMILES string of the molecule is CCCn1c(-c2cccc(Cl)c2N)nc2cccnc21. The summed E-state index contributed by atoms with van der Waals surface area (Å²) in [4.78, 5) is 9.09. The van der Waals surface area contributed by atoms with Crippen LogP contribution in [0.3, 0.4) is 0 Å². The van der Waals surface area contributed by atoms with Crippen molar-refractivity contribution in [3.05, 3.63) is 41.6 Å². The number of benzene rings is 1. The summed E-state index contributed by atoms with van der Waals surface area (Å²) in [6, 6.07) is 9.45. The quantitative estimate of drug-likeness (QED) is 0.746. The lowest BCUT2D eigenvalue weighted by atomic mass is 10.1. The second-order valence-corrected chi connectivity index (χ2v) is 5.04. The van der Waals surface area contributed by atoms with Gasteiger partial charge in [-0.2, -0.15) is 0 Å². The molecule has 5 heteroatoms. The van der Waals surface area contributed by atoms with E-state index in [9.17, 15) is 0 Å². The van der Waals surface area contributed by atoms with E-state index >= 15 is 0 Å². The highest BCUT2D eigenvalue weighted by molar-refractivity contribution is 6.33. The van der Waals surface area contributed by atoms with Crippen LogP contribution in [0.15, 0.2) is 36.5 Å². The van der Waals surface area contributed by atoms with Crippen molar-refractivity contribution < 1.29 is 0 Å². The third-order valence-electron chi connectivity index (χ3n) is 3.24. The van der Waals surface area contributed by atoms with Crippen molar-refractivity contribution in [1.82, 2.24) is 14.5 Å². The molecule has 0 saturated carbocycles. The van der Waals surface area contributed by atoms with Crippen LogP contribution in [0.1, 0.15) is 13.3 Å². The first-order valence-electron chi connectivity index (χ1n) is 6.58. The van der Waals surface area contributed by atoms with Crippen LogP contribution >= 0.6 is 11.6 Å². The molecule has 0 radical (unpaired) electrons. The molecule has 0 unspecified atom stereocenters. The second kappa shape index (κ2) is 5.13. The molecule has 0 aliphatic heterocycles. The lowest BCUT2D eigenvalue weighted by Crippen LogP contribution is -2.02. The van der Waals surface area contributed by atoms with Crippen molar-refractivity contribution in [3.8, 4) is 11.4 Å². The van der Waals surface area contributed by atoms with Gasteiger partial charge in [0.15, 0.2) is 5.65 Å². The number of rotatable bonds is 3. The standard InChI is InChI=1S/C15H15ClN4/c1-2-9-20-14(10-5-3-6-11(16)13(10)17)19-12-7-4-8-18-15(12)20/h3-8H,2,9,17H2,1H3. The molecule has 0 fully saturated rings.